The minimum absolute atomic E-state index is 0.199. The highest BCUT2D eigenvalue weighted by Crippen LogP contribution is 2.21. The van der Waals surface area contributed by atoms with Gasteiger partial charge in [0.25, 0.3) is 0 Å². The van der Waals surface area contributed by atoms with Crippen molar-refractivity contribution in [1.82, 2.24) is 0 Å². The normalized spacial score (nSPS) is 9.94. The highest BCUT2D eigenvalue weighted by Gasteiger charge is 2.20. The van der Waals surface area contributed by atoms with Gasteiger partial charge in [-0.2, -0.15) is 0 Å². The molecule has 0 aliphatic rings. The summed E-state index contributed by atoms with van der Waals surface area (Å²) in [7, 11) is 1.56. The molecule has 0 aromatic heterocycles. The summed E-state index contributed by atoms with van der Waals surface area (Å²) >= 11 is 1.72. The van der Waals surface area contributed by atoms with Gasteiger partial charge in [0.2, 0.25) is 0 Å². The molecule has 1 aromatic carbocycles. The number of anilines is 1. The molecule has 0 radical (unpaired) electrons. The van der Waals surface area contributed by atoms with Gasteiger partial charge in [-0.3, -0.25) is 4.79 Å². The maximum atomic E-state index is 11.7. The third-order valence-electron chi connectivity index (χ3n) is 2.29. The third kappa shape index (κ3) is 3.77. The van der Waals surface area contributed by atoms with Crippen molar-refractivity contribution in [2.75, 3.05) is 24.3 Å². The summed E-state index contributed by atoms with van der Waals surface area (Å²) in [5.74, 6) is -0.489. The van der Waals surface area contributed by atoms with Gasteiger partial charge in [-0.1, -0.05) is 6.92 Å². The van der Waals surface area contributed by atoms with Crippen LogP contribution >= 0.6 is 11.8 Å². The molecule has 18 heavy (non-hydrogen) atoms. The molecule has 98 valence electrons. The van der Waals surface area contributed by atoms with E-state index in [9.17, 15) is 9.59 Å². The standard InChI is InChI=1S/C13H17NO3S/c1-4-17-13(16)12(15)14(3)10-6-8-11(9-7-10)18-5-2/h6-9H,4-5H2,1-3H3. The number of hydrogen-bond acceptors (Lipinski definition) is 4. The van der Waals surface area contributed by atoms with E-state index in [-0.39, 0.29) is 6.61 Å². The van der Waals surface area contributed by atoms with Crippen molar-refractivity contribution < 1.29 is 14.3 Å². The van der Waals surface area contributed by atoms with Gasteiger partial charge in [0.1, 0.15) is 0 Å². The van der Waals surface area contributed by atoms with Crippen molar-refractivity contribution >= 4 is 29.3 Å². The maximum Gasteiger partial charge on any atom is 0.397 e. The van der Waals surface area contributed by atoms with Gasteiger partial charge >= 0.3 is 11.9 Å². The van der Waals surface area contributed by atoms with Crippen LogP contribution in [0.1, 0.15) is 13.8 Å². The molecular weight excluding hydrogens is 250 g/mol. The lowest BCUT2D eigenvalue weighted by molar-refractivity contribution is -0.153. The van der Waals surface area contributed by atoms with Crippen LogP contribution in [0.25, 0.3) is 0 Å². The van der Waals surface area contributed by atoms with Gasteiger partial charge in [0.15, 0.2) is 0 Å². The van der Waals surface area contributed by atoms with E-state index in [1.807, 2.05) is 24.3 Å². The van der Waals surface area contributed by atoms with E-state index < -0.39 is 11.9 Å². The van der Waals surface area contributed by atoms with Crippen LogP contribution in [-0.2, 0) is 14.3 Å². The highest BCUT2D eigenvalue weighted by atomic mass is 32.2. The zero-order valence-electron chi connectivity index (χ0n) is 10.8. The highest BCUT2D eigenvalue weighted by molar-refractivity contribution is 7.99. The van der Waals surface area contributed by atoms with E-state index in [4.69, 9.17) is 0 Å². The molecule has 0 heterocycles. The van der Waals surface area contributed by atoms with Gasteiger partial charge in [-0.25, -0.2) is 4.79 Å². The van der Waals surface area contributed by atoms with Crippen molar-refractivity contribution in [3.05, 3.63) is 24.3 Å². The first-order chi connectivity index (χ1) is 8.60. The molecule has 0 unspecified atom stereocenters. The Kier molecular flexibility index (Phi) is 5.71. The number of ether oxygens (including phenoxy) is 1. The summed E-state index contributed by atoms with van der Waals surface area (Å²) in [5, 5.41) is 0. The van der Waals surface area contributed by atoms with Crippen molar-refractivity contribution in [3.63, 3.8) is 0 Å². The van der Waals surface area contributed by atoms with Gasteiger partial charge in [-0.15, -0.1) is 11.8 Å². The van der Waals surface area contributed by atoms with E-state index >= 15 is 0 Å². The van der Waals surface area contributed by atoms with E-state index in [0.717, 1.165) is 10.6 Å². The lowest BCUT2D eigenvalue weighted by Gasteiger charge is -2.16. The molecule has 0 spiro atoms. The van der Waals surface area contributed by atoms with Crippen LogP contribution in [-0.4, -0.2) is 31.3 Å². The lowest BCUT2D eigenvalue weighted by atomic mass is 10.3. The van der Waals surface area contributed by atoms with Gasteiger partial charge in [0.05, 0.1) is 6.61 Å². The first-order valence-electron chi connectivity index (χ1n) is 5.77. The van der Waals surface area contributed by atoms with Crippen molar-refractivity contribution in [2.45, 2.75) is 18.7 Å². The summed E-state index contributed by atoms with van der Waals surface area (Å²) < 4.78 is 4.67. The monoisotopic (exact) mass is 267 g/mol. The quantitative estimate of drug-likeness (QED) is 0.477. The first kappa shape index (κ1) is 14.6. The smallest absolute Gasteiger partial charge is 0.397 e. The van der Waals surface area contributed by atoms with E-state index in [1.165, 1.54) is 4.90 Å². The molecule has 0 saturated carbocycles. The zero-order valence-corrected chi connectivity index (χ0v) is 11.6. The lowest BCUT2D eigenvalue weighted by Crippen LogP contribution is -2.34. The number of carbonyl (C=O) groups is 2. The summed E-state index contributed by atoms with van der Waals surface area (Å²) in [6, 6.07) is 7.49. The number of hydrogen-bond donors (Lipinski definition) is 0. The fourth-order valence-corrected chi connectivity index (χ4v) is 2.04. The Bertz CT molecular complexity index is 417. The number of likely N-dealkylation sites (N-methyl/N-ethyl adjacent to an activating group) is 1. The Hall–Kier alpha value is -1.49. The molecule has 1 amide bonds. The molecular formula is C13H17NO3S. The van der Waals surface area contributed by atoms with Crippen molar-refractivity contribution in [3.8, 4) is 0 Å². The van der Waals surface area contributed by atoms with Gasteiger partial charge < -0.3 is 9.64 Å². The minimum atomic E-state index is -0.827. The van der Waals surface area contributed by atoms with Crippen LogP contribution in [0.5, 0.6) is 0 Å². The molecule has 0 saturated heterocycles. The van der Waals surface area contributed by atoms with Crippen LogP contribution in [0.4, 0.5) is 5.69 Å². The molecule has 5 heteroatoms. The van der Waals surface area contributed by atoms with E-state index in [1.54, 1.807) is 25.7 Å². The Morgan fingerprint density at radius 1 is 1.22 bits per heavy atom. The third-order valence-corrected chi connectivity index (χ3v) is 3.18. The Labute approximate surface area is 111 Å². The molecule has 0 atom stereocenters. The van der Waals surface area contributed by atoms with Crippen LogP contribution in [0, 0.1) is 0 Å². The van der Waals surface area contributed by atoms with Crippen molar-refractivity contribution in [1.29, 1.82) is 0 Å². The average Bonchev–Trinajstić information content (AvgIpc) is 2.38. The van der Waals surface area contributed by atoms with Crippen LogP contribution in [0.2, 0.25) is 0 Å². The maximum absolute atomic E-state index is 11.7. The molecule has 0 aliphatic carbocycles. The summed E-state index contributed by atoms with van der Waals surface area (Å²) in [6.07, 6.45) is 0. The Morgan fingerprint density at radius 2 is 1.83 bits per heavy atom. The Balaban J connectivity index is 2.74. The number of benzene rings is 1. The predicted octanol–water partition coefficient (Wildman–Crippen LogP) is 2.32. The minimum Gasteiger partial charge on any atom is -0.459 e. The fraction of sp³-hybridized carbons (Fsp3) is 0.385. The molecule has 0 fully saturated rings. The molecule has 1 rings (SSSR count). The summed E-state index contributed by atoms with van der Waals surface area (Å²) in [4.78, 5) is 25.4. The number of esters is 1. The second kappa shape index (κ2) is 7.06. The molecule has 4 nitrogen and oxygen atoms in total. The molecule has 0 aliphatic heterocycles. The predicted molar refractivity (Wildman–Crippen MR) is 72.9 cm³/mol. The van der Waals surface area contributed by atoms with Crippen molar-refractivity contribution in [2.24, 2.45) is 0 Å². The number of nitrogens with zero attached hydrogens (tertiary/aromatic N) is 1. The second-order valence-corrected chi connectivity index (χ2v) is 4.85. The summed E-state index contributed by atoms with van der Waals surface area (Å²) in [6.45, 7) is 3.95. The van der Waals surface area contributed by atoms with Crippen LogP contribution in [0.3, 0.4) is 0 Å². The van der Waals surface area contributed by atoms with E-state index in [2.05, 4.69) is 11.7 Å². The van der Waals surface area contributed by atoms with Crippen LogP contribution < -0.4 is 4.90 Å². The molecule has 0 N–H and O–H groups in total. The topological polar surface area (TPSA) is 46.6 Å². The second-order valence-electron chi connectivity index (χ2n) is 3.51. The van der Waals surface area contributed by atoms with Gasteiger partial charge in [-0.05, 0) is 36.9 Å². The fourth-order valence-electron chi connectivity index (χ4n) is 1.38. The number of thioether (sulfide) groups is 1. The number of amides is 1. The molecule has 1 aromatic rings. The van der Waals surface area contributed by atoms with E-state index in [0.29, 0.717) is 5.69 Å². The average molecular weight is 267 g/mol. The zero-order chi connectivity index (χ0) is 13.5. The molecule has 0 bridgehead atoms. The van der Waals surface area contributed by atoms with Crippen LogP contribution in [0.15, 0.2) is 29.2 Å². The number of carbonyl (C=O) groups excluding carboxylic acids is 2. The summed E-state index contributed by atoms with van der Waals surface area (Å²) in [5.41, 5.74) is 0.675. The number of rotatable bonds is 4. The largest absolute Gasteiger partial charge is 0.459 e. The first-order valence-corrected chi connectivity index (χ1v) is 6.76. The SMILES string of the molecule is CCOC(=O)C(=O)N(C)c1ccc(SCC)cc1. The van der Waals surface area contributed by atoms with Gasteiger partial charge in [0, 0.05) is 17.6 Å². The Morgan fingerprint density at radius 3 is 2.33 bits per heavy atom.